The molecule has 0 saturated carbocycles. The highest BCUT2D eigenvalue weighted by atomic mass is 35.5. The van der Waals surface area contributed by atoms with Crippen LogP contribution in [0.1, 0.15) is 16.7 Å². The van der Waals surface area contributed by atoms with Gasteiger partial charge in [0.15, 0.2) is 6.61 Å². The molecule has 0 radical (unpaired) electrons. The van der Waals surface area contributed by atoms with Gasteiger partial charge in [-0.15, -0.1) is 0 Å². The van der Waals surface area contributed by atoms with Crippen LogP contribution >= 0.6 is 46.6 Å². The number of nitrogens with one attached hydrogen (secondary N) is 1. The van der Waals surface area contributed by atoms with Crippen LogP contribution in [-0.4, -0.2) is 28.6 Å². The second-order valence-corrected chi connectivity index (χ2v) is 10.1. The molecule has 0 atom stereocenters. The largest absolute Gasteiger partial charge is 0.484 e. The highest BCUT2D eigenvalue weighted by molar-refractivity contribution is 8.18. The Morgan fingerprint density at radius 3 is 2.56 bits per heavy atom. The zero-order valence-electron chi connectivity index (χ0n) is 18.9. The quantitative estimate of drug-likeness (QED) is 0.309. The molecule has 0 aliphatic carbocycles. The number of ether oxygens (including phenoxy) is 1. The number of carbonyl (C=O) groups is 3. The summed E-state index contributed by atoms with van der Waals surface area (Å²) in [5, 5.41) is 3.66. The van der Waals surface area contributed by atoms with E-state index in [9.17, 15) is 14.4 Å². The van der Waals surface area contributed by atoms with Crippen molar-refractivity contribution in [2.45, 2.75) is 13.5 Å². The van der Waals surface area contributed by atoms with Crippen molar-refractivity contribution < 1.29 is 19.1 Å². The number of carbonyl (C=O) groups excluding carboxylic acids is 3. The van der Waals surface area contributed by atoms with Crippen LogP contribution in [0, 0.1) is 6.92 Å². The number of hydrogen-bond acceptors (Lipinski definition) is 5. The number of halogens is 3. The van der Waals surface area contributed by atoms with E-state index in [4.69, 9.17) is 39.5 Å². The van der Waals surface area contributed by atoms with E-state index in [1.165, 1.54) is 0 Å². The van der Waals surface area contributed by atoms with Crippen molar-refractivity contribution in [1.29, 1.82) is 0 Å². The number of thioether (sulfide) groups is 1. The van der Waals surface area contributed by atoms with Crippen LogP contribution in [0.3, 0.4) is 0 Å². The summed E-state index contributed by atoms with van der Waals surface area (Å²) < 4.78 is 5.60. The van der Waals surface area contributed by atoms with Crippen LogP contribution in [0.25, 0.3) is 6.08 Å². The fourth-order valence-corrected chi connectivity index (χ4v) is 4.66. The summed E-state index contributed by atoms with van der Waals surface area (Å²) in [6.45, 7) is 1.75. The average molecular weight is 562 g/mol. The molecule has 1 aliphatic rings. The minimum Gasteiger partial charge on any atom is -0.484 e. The summed E-state index contributed by atoms with van der Waals surface area (Å²) >= 11 is 18.9. The Labute approximate surface area is 227 Å². The zero-order valence-corrected chi connectivity index (χ0v) is 22.0. The minimum atomic E-state index is -0.404. The maximum absolute atomic E-state index is 12.9. The molecule has 36 heavy (non-hydrogen) atoms. The number of hydrogen-bond donors (Lipinski definition) is 1. The SMILES string of the molecule is Cc1ccc(NC(=O)COc2cccc(/C=C3\SC(=O)N(Cc4ccc(Cl)c(Cl)c4)C3=O)c2)cc1Cl. The lowest BCUT2D eigenvalue weighted by Crippen LogP contribution is -2.27. The topological polar surface area (TPSA) is 75.7 Å². The molecule has 4 rings (SSSR count). The van der Waals surface area contributed by atoms with Crippen molar-refractivity contribution in [3.63, 3.8) is 0 Å². The van der Waals surface area contributed by atoms with Gasteiger partial charge in [-0.3, -0.25) is 19.3 Å². The number of nitrogens with zero attached hydrogens (tertiary/aromatic N) is 1. The third-order valence-electron chi connectivity index (χ3n) is 5.18. The summed E-state index contributed by atoms with van der Waals surface area (Å²) in [7, 11) is 0. The van der Waals surface area contributed by atoms with Gasteiger partial charge in [0.25, 0.3) is 17.1 Å². The summed E-state index contributed by atoms with van der Waals surface area (Å²) in [5.41, 5.74) is 2.83. The first-order valence-electron chi connectivity index (χ1n) is 10.7. The van der Waals surface area contributed by atoms with Gasteiger partial charge >= 0.3 is 0 Å². The van der Waals surface area contributed by atoms with Crippen molar-refractivity contribution in [1.82, 2.24) is 4.90 Å². The van der Waals surface area contributed by atoms with Crippen LogP contribution < -0.4 is 10.1 Å². The number of benzene rings is 3. The number of amides is 3. The van der Waals surface area contributed by atoms with Crippen LogP contribution in [0.2, 0.25) is 15.1 Å². The van der Waals surface area contributed by atoms with Gasteiger partial charge in [0.2, 0.25) is 0 Å². The van der Waals surface area contributed by atoms with Crippen LogP contribution in [0.4, 0.5) is 10.5 Å². The van der Waals surface area contributed by atoms with E-state index >= 15 is 0 Å². The number of imide groups is 1. The van der Waals surface area contributed by atoms with Crippen molar-refractivity contribution in [3.8, 4) is 5.75 Å². The second-order valence-electron chi connectivity index (χ2n) is 7.89. The molecule has 6 nitrogen and oxygen atoms in total. The molecule has 3 aromatic carbocycles. The Morgan fingerprint density at radius 1 is 1.00 bits per heavy atom. The van der Waals surface area contributed by atoms with Gasteiger partial charge in [-0.25, -0.2) is 0 Å². The third-order valence-corrected chi connectivity index (χ3v) is 7.23. The molecule has 1 N–H and O–H groups in total. The van der Waals surface area contributed by atoms with Gasteiger partial charge in [0, 0.05) is 10.7 Å². The normalized spacial score (nSPS) is 14.4. The third kappa shape index (κ3) is 6.42. The second kappa shape index (κ2) is 11.4. The molecule has 1 aliphatic heterocycles. The Morgan fingerprint density at radius 2 is 1.81 bits per heavy atom. The van der Waals surface area contributed by atoms with E-state index in [1.807, 2.05) is 13.0 Å². The molecule has 0 bridgehead atoms. The van der Waals surface area contributed by atoms with E-state index in [0.717, 1.165) is 22.2 Å². The van der Waals surface area contributed by atoms with Crippen molar-refractivity contribution in [2.24, 2.45) is 0 Å². The molecule has 0 spiro atoms. The Kier molecular flexibility index (Phi) is 8.26. The van der Waals surface area contributed by atoms with E-state index in [0.29, 0.717) is 37.6 Å². The zero-order chi connectivity index (χ0) is 25.8. The van der Waals surface area contributed by atoms with Gasteiger partial charge in [-0.2, -0.15) is 0 Å². The molecular weight excluding hydrogens is 543 g/mol. The maximum atomic E-state index is 12.9. The first kappa shape index (κ1) is 26.1. The molecule has 184 valence electrons. The molecule has 1 fully saturated rings. The van der Waals surface area contributed by atoms with Gasteiger partial charge < -0.3 is 10.1 Å². The Bertz CT molecular complexity index is 1390. The summed E-state index contributed by atoms with van der Waals surface area (Å²) in [6.07, 6.45) is 1.61. The lowest BCUT2D eigenvalue weighted by atomic mass is 10.2. The van der Waals surface area contributed by atoms with Gasteiger partial charge in [0.05, 0.1) is 21.5 Å². The predicted octanol–water partition coefficient (Wildman–Crippen LogP) is 7.21. The standard InChI is InChI=1S/C26H19Cl3N2O4S/c1-15-5-7-18(12-21(15)28)30-24(32)14-35-19-4-2-3-16(9-19)11-23-25(33)31(26(34)36-23)13-17-6-8-20(27)22(29)10-17/h2-12H,13-14H2,1H3,(H,30,32)/b23-11-. The molecule has 3 aromatic rings. The number of anilines is 1. The highest BCUT2D eigenvalue weighted by Crippen LogP contribution is 2.34. The van der Waals surface area contributed by atoms with Crippen molar-refractivity contribution >= 4 is 75.4 Å². The fraction of sp³-hybridized carbons (Fsp3) is 0.115. The van der Waals surface area contributed by atoms with E-state index in [2.05, 4.69) is 5.32 Å². The molecule has 0 unspecified atom stereocenters. The molecule has 3 amide bonds. The Hall–Kier alpha value is -2.97. The predicted molar refractivity (Wildman–Crippen MR) is 145 cm³/mol. The first-order valence-corrected chi connectivity index (χ1v) is 12.6. The lowest BCUT2D eigenvalue weighted by Gasteiger charge is -2.13. The van der Waals surface area contributed by atoms with E-state index < -0.39 is 5.91 Å². The number of aryl methyl sites for hydroxylation is 1. The van der Waals surface area contributed by atoms with Crippen LogP contribution in [0.15, 0.2) is 65.6 Å². The average Bonchev–Trinajstić information content (AvgIpc) is 3.10. The summed E-state index contributed by atoms with van der Waals surface area (Å²) in [4.78, 5) is 39.0. The van der Waals surface area contributed by atoms with Crippen LogP contribution in [-0.2, 0) is 16.1 Å². The van der Waals surface area contributed by atoms with Gasteiger partial charge in [-0.05, 0) is 77.9 Å². The fourth-order valence-electron chi connectivity index (χ4n) is 3.32. The smallest absolute Gasteiger partial charge is 0.293 e. The van der Waals surface area contributed by atoms with Crippen molar-refractivity contribution in [2.75, 3.05) is 11.9 Å². The minimum absolute atomic E-state index is 0.0867. The number of rotatable bonds is 7. The van der Waals surface area contributed by atoms with E-state index in [1.54, 1.807) is 60.7 Å². The summed E-state index contributed by atoms with van der Waals surface area (Å²) in [6, 6.07) is 17.1. The highest BCUT2D eigenvalue weighted by Gasteiger charge is 2.35. The monoisotopic (exact) mass is 560 g/mol. The maximum Gasteiger partial charge on any atom is 0.293 e. The first-order chi connectivity index (χ1) is 17.2. The van der Waals surface area contributed by atoms with Crippen molar-refractivity contribution in [3.05, 3.63) is 97.3 Å². The molecule has 10 heteroatoms. The molecule has 0 aromatic heterocycles. The molecular formula is C26H19Cl3N2O4S. The lowest BCUT2D eigenvalue weighted by molar-refractivity contribution is -0.123. The van der Waals surface area contributed by atoms with Gasteiger partial charge in [0.1, 0.15) is 5.75 Å². The Balaban J connectivity index is 1.39. The van der Waals surface area contributed by atoms with Gasteiger partial charge in [-0.1, -0.05) is 59.1 Å². The molecule has 1 saturated heterocycles. The summed E-state index contributed by atoms with van der Waals surface area (Å²) in [5.74, 6) is -0.307. The molecule has 1 heterocycles. The van der Waals surface area contributed by atoms with Crippen LogP contribution in [0.5, 0.6) is 5.75 Å². The van der Waals surface area contributed by atoms with E-state index in [-0.39, 0.29) is 29.2 Å².